The van der Waals surface area contributed by atoms with Crippen molar-refractivity contribution in [2.45, 2.75) is 51.6 Å². The lowest BCUT2D eigenvalue weighted by Gasteiger charge is -2.43. The molecule has 4 aliphatic rings. The van der Waals surface area contributed by atoms with Crippen molar-refractivity contribution in [2.24, 2.45) is 7.05 Å². The van der Waals surface area contributed by atoms with Gasteiger partial charge in [0.25, 0.3) is 11.5 Å². The first-order chi connectivity index (χ1) is 23.4. The van der Waals surface area contributed by atoms with Crippen LogP contribution in [0.1, 0.15) is 47.1 Å². The predicted molar refractivity (Wildman–Crippen MR) is 183 cm³/mol. The molecule has 250 valence electrons. The van der Waals surface area contributed by atoms with E-state index >= 15 is 4.39 Å². The number of aryl methyl sites for hydroxylation is 2. The summed E-state index contributed by atoms with van der Waals surface area (Å²) >= 11 is 0. The summed E-state index contributed by atoms with van der Waals surface area (Å²) in [5.74, 6) is -0.0462. The summed E-state index contributed by atoms with van der Waals surface area (Å²) in [7, 11) is 1.58. The fraction of sp³-hybridized carbons (Fsp3) is 0.444. The minimum Gasteiger partial charge on any atom is -0.378 e. The highest BCUT2D eigenvalue weighted by Crippen LogP contribution is 2.36. The molecule has 6 heterocycles. The number of amides is 1. The fourth-order valence-corrected chi connectivity index (χ4v) is 7.72. The molecule has 11 nitrogen and oxygen atoms in total. The van der Waals surface area contributed by atoms with Crippen LogP contribution in [-0.4, -0.2) is 82.1 Å². The smallest absolute Gasteiger partial charge is 0.290 e. The molecule has 0 bridgehead atoms. The molecule has 0 radical (unpaired) electrons. The number of rotatable bonds is 7. The molecule has 12 heteroatoms. The maximum atomic E-state index is 15.4. The van der Waals surface area contributed by atoms with E-state index in [0.29, 0.717) is 54.0 Å². The molecule has 0 saturated carbocycles. The number of hydrogen-bond acceptors (Lipinski definition) is 8. The van der Waals surface area contributed by atoms with Crippen molar-refractivity contribution in [1.82, 2.24) is 24.2 Å². The number of benzene rings is 1. The Bertz CT molecular complexity index is 1920. The number of ether oxygens (including phenoxy) is 1. The van der Waals surface area contributed by atoms with E-state index in [1.54, 1.807) is 18.0 Å². The van der Waals surface area contributed by atoms with E-state index in [-0.39, 0.29) is 17.2 Å². The number of hydrogen-bond donors (Lipinski definition) is 1. The Morgan fingerprint density at radius 1 is 0.979 bits per heavy atom. The predicted octanol–water partition coefficient (Wildman–Crippen LogP) is 4.15. The molecule has 48 heavy (non-hydrogen) atoms. The van der Waals surface area contributed by atoms with E-state index in [0.717, 1.165) is 76.3 Å². The first-order valence-electron chi connectivity index (χ1n) is 17.1. The van der Waals surface area contributed by atoms with E-state index in [9.17, 15) is 9.59 Å². The Hall–Kier alpha value is -4.55. The largest absolute Gasteiger partial charge is 0.378 e. The van der Waals surface area contributed by atoms with E-state index in [4.69, 9.17) is 4.74 Å². The summed E-state index contributed by atoms with van der Waals surface area (Å²) in [4.78, 5) is 38.3. The lowest BCUT2D eigenvalue weighted by atomic mass is 9.98. The van der Waals surface area contributed by atoms with Crippen LogP contribution in [0, 0.1) is 5.82 Å². The maximum Gasteiger partial charge on any atom is 0.290 e. The van der Waals surface area contributed by atoms with Crippen molar-refractivity contribution < 1.29 is 13.9 Å². The van der Waals surface area contributed by atoms with Gasteiger partial charge in [0.1, 0.15) is 23.0 Å². The van der Waals surface area contributed by atoms with Gasteiger partial charge in [0.2, 0.25) is 0 Å². The normalized spacial score (nSPS) is 18.4. The van der Waals surface area contributed by atoms with Crippen LogP contribution in [-0.2, 0) is 37.6 Å². The molecule has 1 aromatic carbocycles. The van der Waals surface area contributed by atoms with E-state index in [1.807, 2.05) is 31.3 Å². The Kier molecular flexibility index (Phi) is 8.00. The number of aromatic nitrogens is 4. The van der Waals surface area contributed by atoms with Gasteiger partial charge < -0.3 is 24.4 Å². The number of fused-ring (bicyclic) bond motifs is 3. The highest BCUT2D eigenvalue weighted by molar-refractivity contribution is 6.07. The molecule has 1 aliphatic carbocycles. The topological polar surface area (TPSA) is 101 Å². The first-order valence-corrected chi connectivity index (χ1v) is 17.1. The minimum atomic E-state index is -0.463. The summed E-state index contributed by atoms with van der Waals surface area (Å²) in [6, 6.07) is 11.0. The number of nitrogens with zero attached hydrogens (tertiary/aromatic N) is 7. The zero-order valence-corrected chi connectivity index (χ0v) is 27.5. The lowest BCUT2D eigenvalue weighted by molar-refractivity contribution is -0.0660. The van der Waals surface area contributed by atoms with Gasteiger partial charge >= 0.3 is 0 Å². The Labute approximate surface area is 278 Å². The number of nitrogens with one attached hydrogen (secondary N) is 1. The average molecular weight is 653 g/mol. The van der Waals surface area contributed by atoms with Crippen molar-refractivity contribution in [3.8, 4) is 11.3 Å². The zero-order chi connectivity index (χ0) is 32.9. The van der Waals surface area contributed by atoms with Gasteiger partial charge in [0.15, 0.2) is 0 Å². The Morgan fingerprint density at radius 3 is 2.52 bits per heavy atom. The van der Waals surface area contributed by atoms with Crippen molar-refractivity contribution in [2.75, 3.05) is 61.1 Å². The van der Waals surface area contributed by atoms with Crippen LogP contribution in [0.5, 0.6) is 0 Å². The summed E-state index contributed by atoms with van der Waals surface area (Å²) < 4.78 is 24.2. The molecule has 3 aromatic heterocycles. The maximum absolute atomic E-state index is 15.4. The third-order valence-electron chi connectivity index (χ3n) is 10.4. The highest BCUT2D eigenvalue weighted by Gasteiger charge is 2.32. The molecular weight excluding hydrogens is 611 g/mol. The van der Waals surface area contributed by atoms with Gasteiger partial charge in [-0.25, -0.2) is 14.1 Å². The van der Waals surface area contributed by atoms with Crippen LogP contribution in [0.15, 0.2) is 47.4 Å². The van der Waals surface area contributed by atoms with Crippen molar-refractivity contribution >= 4 is 28.8 Å². The van der Waals surface area contributed by atoms with Crippen LogP contribution in [0.3, 0.4) is 0 Å². The molecule has 1 N–H and O–H groups in total. The Morgan fingerprint density at radius 2 is 1.79 bits per heavy atom. The molecule has 0 unspecified atom stereocenters. The van der Waals surface area contributed by atoms with Crippen LogP contribution >= 0.6 is 0 Å². The zero-order valence-electron chi connectivity index (χ0n) is 27.5. The third kappa shape index (κ3) is 5.46. The molecule has 1 amide bonds. The molecule has 0 spiro atoms. The van der Waals surface area contributed by atoms with Crippen molar-refractivity contribution in [3.05, 3.63) is 81.3 Å². The molecule has 3 aliphatic heterocycles. The molecule has 2 fully saturated rings. The van der Waals surface area contributed by atoms with Crippen LogP contribution in [0.4, 0.5) is 27.3 Å². The number of piperazine rings is 1. The molecule has 8 rings (SSSR count). The second kappa shape index (κ2) is 12.5. The quantitative estimate of drug-likeness (QED) is 0.318. The number of pyridine rings is 1. The van der Waals surface area contributed by atoms with Crippen LogP contribution in [0.2, 0.25) is 0 Å². The average Bonchev–Trinajstić information content (AvgIpc) is 3.46. The lowest BCUT2D eigenvalue weighted by Crippen LogP contribution is -2.56. The SMILES string of the molecule is CCc1c(-c2cc(Nc3ccc(N4CCN(C5COC5)CC4)cn3)c(=O)n(C)n2)cc(F)cc1N1CCn2c(cc3c2CCCC3)C1=O. The summed E-state index contributed by atoms with van der Waals surface area (Å²) in [6.45, 7) is 8.61. The molecule has 4 aromatic rings. The van der Waals surface area contributed by atoms with Gasteiger partial charge in [-0.05, 0) is 79.6 Å². The van der Waals surface area contributed by atoms with Crippen molar-refractivity contribution in [3.63, 3.8) is 0 Å². The highest BCUT2D eigenvalue weighted by atomic mass is 19.1. The van der Waals surface area contributed by atoms with E-state index in [2.05, 4.69) is 29.8 Å². The summed E-state index contributed by atoms with van der Waals surface area (Å²) in [5, 5.41) is 7.71. The first kappa shape index (κ1) is 30.8. The van der Waals surface area contributed by atoms with Gasteiger partial charge in [0.05, 0.1) is 42.5 Å². The molecular formula is C36H41FN8O3. The summed E-state index contributed by atoms with van der Waals surface area (Å²) in [5.41, 5.74) is 6.55. The van der Waals surface area contributed by atoms with Gasteiger partial charge in [-0.2, -0.15) is 5.10 Å². The van der Waals surface area contributed by atoms with Gasteiger partial charge in [-0.1, -0.05) is 6.92 Å². The summed E-state index contributed by atoms with van der Waals surface area (Å²) in [6.07, 6.45) is 6.64. The number of halogens is 1. The van der Waals surface area contributed by atoms with Crippen LogP contribution < -0.4 is 20.7 Å². The third-order valence-corrected chi connectivity index (χ3v) is 10.4. The van der Waals surface area contributed by atoms with Gasteiger partial charge in [-0.15, -0.1) is 0 Å². The second-order valence-electron chi connectivity index (χ2n) is 13.2. The van der Waals surface area contributed by atoms with Crippen LogP contribution in [0.25, 0.3) is 11.3 Å². The van der Waals surface area contributed by atoms with Gasteiger partial charge in [-0.3, -0.25) is 14.5 Å². The number of carbonyl (C=O) groups excluding carboxylic acids is 1. The molecule has 0 atom stereocenters. The molecule has 2 saturated heterocycles. The minimum absolute atomic E-state index is 0.109. The van der Waals surface area contributed by atoms with Gasteiger partial charge in [0, 0.05) is 57.6 Å². The van der Waals surface area contributed by atoms with Crippen molar-refractivity contribution in [1.29, 1.82) is 0 Å². The fourth-order valence-electron chi connectivity index (χ4n) is 7.72. The standard InChI is InChI=1S/C36H41FN8O3/c1-3-27-28(17-24(37)18-32(27)45-15-14-44-31-7-5-4-6-23(31)16-33(44)36(45)47)29-19-30(35(46)41(2)40-29)39-34-9-8-25(20-38-34)42-10-12-43(13-11-42)26-21-48-22-26/h8-9,16-20,26H,3-7,10-15,21-22H2,1-2H3,(H,38,39). The number of anilines is 4. The van der Waals surface area contributed by atoms with E-state index < -0.39 is 5.82 Å². The number of carbonyl (C=O) groups is 1. The van der Waals surface area contributed by atoms with E-state index in [1.165, 1.54) is 28.1 Å². The Balaban J connectivity index is 1.06. The second-order valence-corrected chi connectivity index (χ2v) is 13.2. The monoisotopic (exact) mass is 652 g/mol.